The number of aryl methyl sites for hydroxylation is 6. The quantitative estimate of drug-likeness (QED) is 0.0145. The summed E-state index contributed by atoms with van der Waals surface area (Å²) in [6.07, 6.45) is 7.50. The molecule has 2 atom stereocenters. The zero-order chi connectivity index (χ0) is 77.5. The number of para-hydroxylation sites is 2. The molecule has 10 aromatic carbocycles. The number of halogens is 8. The van der Waals surface area contributed by atoms with Crippen molar-refractivity contribution in [3.8, 4) is 11.5 Å². The Morgan fingerprint density at radius 1 is 0.417 bits per heavy atom. The number of carbonyl (C=O) groups excluding carboxylic acids is 4. The molecule has 108 heavy (non-hydrogen) atoms. The highest BCUT2D eigenvalue weighted by Gasteiger charge is 2.81. The fourth-order valence-corrected chi connectivity index (χ4v) is 15.7. The number of benzene rings is 10. The molecule has 12 aromatic rings. The minimum Gasteiger partial charge on any atom is -0.486 e. The predicted molar refractivity (Wildman–Crippen MR) is 413 cm³/mol. The van der Waals surface area contributed by atoms with Crippen molar-refractivity contribution in [2.24, 2.45) is 17.0 Å². The second-order valence-electron chi connectivity index (χ2n) is 28.9. The van der Waals surface area contributed by atoms with E-state index in [1.54, 1.807) is 30.3 Å². The third kappa shape index (κ3) is 14.4. The maximum absolute atomic E-state index is 16.3. The number of hydrogen-bond donors (Lipinski definition) is 0. The lowest BCUT2D eigenvalue weighted by Crippen LogP contribution is -2.65. The summed E-state index contributed by atoms with van der Waals surface area (Å²) in [5, 5.41) is 9.57. The van der Waals surface area contributed by atoms with Crippen LogP contribution in [0.25, 0.3) is 65.2 Å². The number of nitrogens with zero attached hydrogens (tertiary/aromatic N) is 3. The first-order valence-corrected chi connectivity index (χ1v) is 36.9. The second-order valence-corrected chi connectivity index (χ2v) is 28.9. The van der Waals surface area contributed by atoms with Crippen molar-refractivity contribution in [3.63, 3.8) is 0 Å². The number of ketones is 3. The van der Waals surface area contributed by atoms with Crippen LogP contribution in [0.3, 0.4) is 0 Å². The molecular formula is C90H87F8N3O7. The van der Waals surface area contributed by atoms with Crippen molar-refractivity contribution in [2.75, 3.05) is 13.2 Å². The Morgan fingerprint density at radius 3 is 1.21 bits per heavy atom. The van der Waals surface area contributed by atoms with E-state index in [1.807, 2.05) is 126 Å². The monoisotopic (exact) mass is 1470 g/mol. The van der Waals surface area contributed by atoms with E-state index in [-0.39, 0.29) is 45.8 Å². The lowest BCUT2D eigenvalue weighted by Gasteiger charge is -2.36. The molecular weight excluding hydrogens is 1390 g/mol. The average molecular weight is 1470 g/mol. The summed E-state index contributed by atoms with van der Waals surface area (Å²) in [6, 6.07) is 46.4. The third-order valence-electron chi connectivity index (χ3n) is 21.2. The molecule has 18 heteroatoms. The van der Waals surface area contributed by atoms with Gasteiger partial charge in [-0.2, -0.15) is 35.1 Å². The van der Waals surface area contributed by atoms with Gasteiger partial charge in [-0.1, -0.05) is 186 Å². The van der Waals surface area contributed by atoms with Crippen LogP contribution in [-0.4, -0.2) is 75.1 Å². The molecule has 0 aliphatic heterocycles. The minimum atomic E-state index is -6.85. The first kappa shape index (κ1) is 77.1. The molecule has 0 saturated heterocycles. The number of carbonyl (C=O) groups is 4. The molecule has 560 valence electrons. The van der Waals surface area contributed by atoms with Crippen LogP contribution in [0.15, 0.2) is 175 Å². The van der Waals surface area contributed by atoms with Gasteiger partial charge < -0.3 is 23.4 Å². The molecule has 0 aliphatic carbocycles. The molecule has 0 amide bonds. The number of ether oxygens (including phenoxy) is 2. The van der Waals surface area contributed by atoms with E-state index < -0.39 is 65.7 Å². The van der Waals surface area contributed by atoms with Crippen molar-refractivity contribution in [3.05, 3.63) is 248 Å². The highest BCUT2D eigenvalue weighted by atomic mass is 19.4. The number of rotatable bonds is 30. The fourth-order valence-electron chi connectivity index (χ4n) is 15.7. The molecule has 2 heterocycles. The summed E-state index contributed by atoms with van der Waals surface area (Å²) in [7, 11) is 0. The van der Waals surface area contributed by atoms with Gasteiger partial charge in [-0.3, -0.25) is 14.4 Å². The van der Waals surface area contributed by atoms with Gasteiger partial charge in [0, 0.05) is 102 Å². The number of hydrogen-bond acceptors (Lipinski definition) is 8. The summed E-state index contributed by atoms with van der Waals surface area (Å²) >= 11 is 0. The highest BCUT2D eigenvalue weighted by Crippen LogP contribution is 2.53. The normalized spacial score (nSPS) is 13.2. The van der Waals surface area contributed by atoms with E-state index >= 15 is 39.9 Å². The van der Waals surface area contributed by atoms with Crippen molar-refractivity contribution in [1.29, 1.82) is 0 Å². The largest absolute Gasteiger partial charge is 0.486 e. The van der Waals surface area contributed by atoms with Crippen molar-refractivity contribution in [2.45, 2.75) is 164 Å². The Bertz CT molecular complexity index is 5510. The van der Waals surface area contributed by atoms with Gasteiger partial charge in [0.05, 0.1) is 16.6 Å². The topological polar surface area (TPSA) is 118 Å². The molecule has 0 bridgehead atoms. The van der Waals surface area contributed by atoms with E-state index in [0.29, 0.717) is 67.7 Å². The first-order chi connectivity index (χ1) is 51.5. The summed E-state index contributed by atoms with van der Waals surface area (Å²) in [4.78, 5) is 62.6. The minimum absolute atomic E-state index is 0.0135. The molecule has 0 fully saturated rings. The zero-order valence-corrected chi connectivity index (χ0v) is 62.5. The van der Waals surface area contributed by atoms with Crippen LogP contribution in [0.4, 0.5) is 35.1 Å². The molecule has 10 nitrogen and oxygen atoms in total. The highest BCUT2D eigenvalue weighted by molar-refractivity contribution is 6.29. The fraction of sp³-hybridized carbons (Fsp3) is 0.322. The van der Waals surface area contributed by atoms with Gasteiger partial charge in [0.1, 0.15) is 17.2 Å². The van der Waals surface area contributed by atoms with E-state index in [0.717, 1.165) is 137 Å². The van der Waals surface area contributed by atoms with E-state index in [4.69, 9.17) is 14.3 Å². The number of unbranched alkanes of at least 4 members (excludes halogenated alkanes) is 2. The number of fused-ring (bicyclic) bond motifs is 10. The first-order valence-electron chi connectivity index (χ1n) is 36.9. The molecule has 0 spiro atoms. The Labute approximate surface area is 622 Å². The molecule has 12 rings (SSSR count). The summed E-state index contributed by atoms with van der Waals surface area (Å²) < 4.78 is 145. The lowest BCUT2D eigenvalue weighted by molar-refractivity contribution is -0.371. The summed E-state index contributed by atoms with van der Waals surface area (Å²) in [5.41, 5.74) is 9.37. The Hall–Kier alpha value is -10.5. The molecule has 0 aliphatic rings. The van der Waals surface area contributed by atoms with Crippen LogP contribution < -0.4 is 9.47 Å². The predicted octanol–water partition coefficient (Wildman–Crippen LogP) is 23.5. The average Bonchev–Trinajstić information content (AvgIpc) is 1.49. The van der Waals surface area contributed by atoms with Crippen molar-refractivity contribution < 1.29 is 68.6 Å². The SMILES string of the molecule is CCCCC(CC)Cn1c2ccc(C(=O)c3ccccc3OCC(F)(F)C(F)(F)C(F)(F)C(F)(F)COc3ccccc3C(=NOC(C)=O)c3ccc4c(c3)c3cc(C(=O)c5c(C)cc(C)cc5C)c5ccccc5c3n4CC(CC)CCCC)cc2c2cc(C(=O)c3c(C)cc(C)cc3C)c3ccccc3c21. The standard InChI is InChI=1S/C90H87F8N3O7/c1-12-16-26-59(14-3)48-100-75-38-36-61(44-69(75)71-46-73(63-28-18-20-30-65(63)82(71)100)85(104)79-54(7)40-52(5)41-55(79)8)81(99-108-58(11)102)67-32-22-24-34-77(67)106-50-87(91,92)89(95,96)90(97,98)88(93,94)51-107-78-35-25-23-33-68(78)84(103)62-37-39-76-70(45-62)72-47-74(86(105)80-56(9)42-53(6)43-57(80)10)64-29-19-21-31-66(64)83(72)101(76)49-60(15-4)27-17-13-2/h18-25,28-47,59-60H,12-17,26-27,48-51H2,1-11H3. The van der Waals surface area contributed by atoms with E-state index in [9.17, 15) is 14.4 Å². The smallest absolute Gasteiger partial charge is 0.381 e. The molecule has 2 unspecified atom stereocenters. The van der Waals surface area contributed by atoms with E-state index in [2.05, 4.69) is 42.0 Å². The maximum atomic E-state index is 16.3. The molecule has 0 saturated carbocycles. The van der Waals surface area contributed by atoms with Crippen LogP contribution in [-0.2, 0) is 22.7 Å². The molecule has 2 aromatic heterocycles. The van der Waals surface area contributed by atoms with Gasteiger partial charge in [-0.05, 0) is 166 Å². The zero-order valence-electron chi connectivity index (χ0n) is 62.5. The van der Waals surface area contributed by atoms with Crippen LogP contribution in [0.2, 0.25) is 0 Å². The van der Waals surface area contributed by atoms with Crippen LogP contribution in [0.1, 0.15) is 178 Å². The summed E-state index contributed by atoms with van der Waals surface area (Å²) in [6.45, 7) is 17.0. The lowest BCUT2D eigenvalue weighted by atomic mass is 9.89. The van der Waals surface area contributed by atoms with Gasteiger partial charge in [-0.15, -0.1) is 0 Å². The van der Waals surface area contributed by atoms with Crippen LogP contribution in [0.5, 0.6) is 11.5 Å². The van der Waals surface area contributed by atoms with Gasteiger partial charge in [0.2, 0.25) is 0 Å². The summed E-state index contributed by atoms with van der Waals surface area (Å²) in [5.74, 6) is -28.9. The Kier molecular flexibility index (Phi) is 22.1. The van der Waals surface area contributed by atoms with Crippen molar-refractivity contribution in [1.82, 2.24) is 9.13 Å². The second kappa shape index (κ2) is 31.0. The van der Waals surface area contributed by atoms with Gasteiger partial charge in [0.25, 0.3) is 0 Å². The van der Waals surface area contributed by atoms with E-state index in [1.165, 1.54) is 42.5 Å². The van der Waals surface area contributed by atoms with Gasteiger partial charge in [-0.25, -0.2) is 4.79 Å². The third-order valence-corrected chi connectivity index (χ3v) is 21.2. The Balaban J connectivity index is 0.847. The molecule has 0 radical (unpaired) electrons. The molecule has 0 N–H and O–H groups in total. The number of oxime groups is 1. The van der Waals surface area contributed by atoms with Crippen LogP contribution >= 0.6 is 0 Å². The van der Waals surface area contributed by atoms with Crippen LogP contribution in [0, 0.1) is 53.4 Å². The van der Waals surface area contributed by atoms with Crippen molar-refractivity contribution >= 4 is 94.2 Å². The van der Waals surface area contributed by atoms with Gasteiger partial charge >= 0.3 is 29.7 Å². The maximum Gasteiger partial charge on any atom is 0.381 e. The van der Waals surface area contributed by atoms with Gasteiger partial charge in [0.15, 0.2) is 30.6 Å². The number of alkyl halides is 8. The Morgan fingerprint density at radius 2 is 0.796 bits per heavy atom. The number of aromatic nitrogens is 2.